The van der Waals surface area contributed by atoms with Gasteiger partial charge in [0.15, 0.2) is 0 Å². The molecule has 0 saturated carbocycles. The van der Waals surface area contributed by atoms with Crippen molar-refractivity contribution >= 4 is 23.6 Å². The fourth-order valence-corrected chi connectivity index (χ4v) is 3.95. The van der Waals surface area contributed by atoms with E-state index in [9.17, 15) is 9.59 Å². The van der Waals surface area contributed by atoms with Gasteiger partial charge in [-0.2, -0.15) is 0 Å². The number of furan rings is 1. The van der Waals surface area contributed by atoms with Crippen molar-refractivity contribution in [1.82, 2.24) is 9.80 Å². The molecule has 2 atom stereocenters. The number of carbonyl (C=O) groups excluding carboxylic acids is 2. The zero-order chi connectivity index (χ0) is 15.5. The van der Waals surface area contributed by atoms with Crippen LogP contribution in [0.4, 0.5) is 0 Å². The van der Waals surface area contributed by atoms with Crippen LogP contribution in [-0.2, 0) is 20.9 Å². The number of rotatable bonds is 4. The molecule has 0 aromatic carbocycles. The quantitative estimate of drug-likeness (QED) is 0.832. The van der Waals surface area contributed by atoms with E-state index in [0.717, 1.165) is 12.2 Å². The van der Waals surface area contributed by atoms with Crippen molar-refractivity contribution in [2.75, 3.05) is 31.9 Å². The summed E-state index contributed by atoms with van der Waals surface area (Å²) in [7, 11) is 1.75. The molecule has 0 unspecified atom stereocenters. The average molecular weight is 324 g/mol. The molecule has 0 spiro atoms. The lowest BCUT2D eigenvalue weighted by Crippen LogP contribution is -2.49. The number of hydrogen-bond acceptors (Lipinski definition) is 5. The van der Waals surface area contributed by atoms with Crippen LogP contribution in [0.25, 0.3) is 0 Å². The summed E-state index contributed by atoms with van der Waals surface area (Å²) in [6.07, 6.45) is 2.35. The van der Waals surface area contributed by atoms with E-state index in [1.54, 1.807) is 40.9 Å². The van der Waals surface area contributed by atoms with Crippen LogP contribution in [0.1, 0.15) is 12.2 Å². The van der Waals surface area contributed by atoms with Crippen molar-refractivity contribution in [2.24, 2.45) is 5.92 Å². The summed E-state index contributed by atoms with van der Waals surface area (Å²) in [5.41, 5.74) is 0. The molecule has 3 heterocycles. The second kappa shape index (κ2) is 6.75. The fraction of sp³-hybridized carbons (Fsp3) is 0.600. The van der Waals surface area contributed by atoms with Gasteiger partial charge in [0, 0.05) is 19.4 Å². The Labute approximate surface area is 133 Å². The number of carbonyl (C=O) groups is 2. The maximum atomic E-state index is 12.6. The first kappa shape index (κ1) is 15.4. The molecule has 2 aliphatic heterocycles. The van der Waals surface area contributed by atoms with Crippen LogP contribution < -0.4 is 0 Å². The third kappa shape index (κ3) is 3.15. The summed E-state index contributed by atoms with van der Waals surface area (Å²) >= 11 is 1.62. The van der Waals surface area contributed by atoms with Gasteiger partial charge < -0.3 is 19.0 Å². The van der Waals surface area contributed by atoms with Crippen LogP contribution in [0.3, 0.4) is 0 Å². The smallest absolute Gasteiger partial charge is 0.246 e. The summed E-state index contributed by atoms with van der Waals surface area (Å²) in [6.45, 7) is 1.53. The Bertz CT molecular complexity index is 528. The molecule has 2 aliphatic rings. The normalized spacial score (nSPS) is 24.7. The van der Waals surface area contributed by atoms with Gasteiger partial charge in [-0.25, -0.2) is 0 Å². The van der Waals surface area contributed by atoms with Gasteiger partial charge in [0.1, 0.15) is 11.8 Å². The molecule has 0 aliphatic carbocycles. The van der Waals surface area contributed by atoms with Crippen LogP contribution in [0.15, 0.2) is 22.8 Å². The number of likely N-dealkylation sites (N-methyl/N-ethyl adjacent to an activating group) is 1. The largest absolute Gasteiger partial charge is 0.467 e. The maximum absolute atomic E-state index is 12.6. The topological polar surface area (TPSA) is 63.0 Å². The molecule has 2 amide bonds. The van der Waals surface area contributed by atoms with E-state index in [1.807, 2.05) is 6.07 Å². The highest BCUT2D eigenvalue weighted by Gasteiger charge is 2.39. The average Bonchev–Trinajstić information content (AvgIpc) is 3.26. The zero-order valence-corrected chi connectivity index (χ0v) is 13.4. The van der Waals surface area contributed by atoms with Crippen LogP contribution in [0.5, 0.6) is 0 Å². The number of thioether (sulfide) groups is 1. The number of nitrogens with zero attached hydrogens (tertiary/aromatic N) is 2. The highest BCUT2D eigenvalue weighted by molar-refractivity contribution is 7.99. The summed E-state index contributed by atoms with van der Waals surface area (Å²) in [6, 6.07) is 3.26. The molecule has 0 N–H and O–H groups in total. The third-order valence-corrected chi connectivity index (χ3v) is 5.09. The predicted octanol–water partition coefficient (Wildman–Crippen LogP) is 1.18. The molecule has 0 radical (unpaired) electrons. The van der Waals surface area contributed by atoms with Gasteiger partial charge in [-0.05, 0) is 18.6 Å². The Morgan fingerprint density at radius 1 is 1.50 bits per heavy atom. The van der Waals surface area contributed by atoms with Gasteiger partial charge in [-0.3, -0.25) is 9.59 Å². The van der Waals surface area contributed by atoms with Crippen molar-refractivity contribution in [2.45, 2.75) is 19.0 Å². The van der Waals surface area contributed by atoms with Crippen molar-refractivity contribution < 1.29 is 18.7 Å². The van der Waals surface area contributed by atoms with Crippen molar-refractivity contribution in [3.05, 3.63) is 24.2 Å². The molecular weight excluding hydrogens is 304 g/mol. The van der Waals surface area contributed by atoms with Crippen molar-refractivity contribution in [1.29, 1.82) is 0 Å². The highest BCUT2D eigenvalue weighted by Crippen LogP contribution is 2.27. The first-order chi connectivity index (χ1) is 10.7. The maximum Gasteiger partial charge on any atom is 0.246 e. The Morgan fingerprint density at radius 3 is 3.05 bits per heavy atom. The van der Waals surface area contributed by atoms with Gasteiger partial charge in [0.25, 0.3) is 0 Å². The summed E-state index contributed by atoms with van der Waals surface area (Å²) in [4.78, 5) is 28.5. The lowest BCUT2D eigenvalue weighted by molar-refractivity contribution is -0.145. The molecule has 1 aromatic rings. The Morgan fingerprint density at radius 2 is 2.36 bits per heavy atom. The molecule has 6 nitrogen and oxygen atoms in total. The lowest BCUT2D eigenvalue weighted by Gasteiger charge is -2.28. The summed E-state index contributed by atoms with van der Waals surface area (Å²) < 4.78 is 10.6. The van der Waals surface area contributed by atoms with Crippen LogP contribution in [0, 0.1) is 5.92 Å². The van der Waals surface area contributed by atoms with E-state index in [1.165, 1.54) is 0 Å². The van der Waals surface area contributed by atoms with E-state index >= 15 is 0 Å². The van der Waals surface area contributed by atoms with E-state index in [4.69, 9.17) is 9.15 Å². The summed E-state index contributed by atoms with van der Waals surface area (Å²) in [5, 5.41) is 0. The SMILES string of the molecule is CN(Cc1ccco1)C(=O)[C@@H]1CSCN1C(=O)[C@H]1CCOC1. The predicted molar refractivity (Wildman–Crippen MR) is 82.1 cm³/mol. The van der Waals surface area contributed by atoms with Gasteiger partial charge in [-0.1, -0.05) is 0 Å². The Hall–Kier alpha value is -1.47. The standard InChI is InChI=1S/C15H20N2O4S/c1-16(7-12-3-2-5-21-12)15(19)13-9-22-10-17(13)14(18)11-4-6-20-8-11/h2-3,5,11,13H,4,6-10H2,1H3/t11-,13-/m0/s1. The van der Waals surface area contributed by atoms with E-state index in [0.29, 0.717) is 31.4 Å². The molecule has 120 valence electrons. The monoisotopic (exact) mass is 324 g/mol. The molecule has 0 bridgehead atoms. The van der Waals surface area contributed by atoms with Crippen LogP contribution >= 0.6 is 11.8 Å². The molecule has 3 rings (SSSR count). The minimum atomic E-state index is -0.377. The van der Waals surface area contributed by atoms with E-state index < -0.39 is 0 Å². The number of hydrogen-bond donors (Lipinski definition) is 0. The molecular formula is C15H20N2O4S. The van der Waals surface area contributed by atoms with Crippen LogP contribution in [-0.4, -0.2) is 59.5 Å². The van der Waals surface area contributed by atoms with E-state index in [-0.39, 0.29) is 23.8 Å². The number of ether oxygens (including phenoxy) is 1. The molecule has 7 heteroatoms. The second-order valence-electron chi connectivity index (χ2n) is 5.66. The van der Waals surface area contributed by atoms with Gasteiger partial charge in [-0.15, -0.1) is 11.8 Å². The fourth-order valence-electron chi connectivity index (χ4n) is 2.80. The minimum Gasteiger partial charge on any atom is -0.467 e. The van der Waals surface area contributed by atoms with Crippen LogP contribution in [0.2, 0.25) is 0 Å². The molecule has 2 fully saturated rings. The van der Waals surface area contributed by atoms with E-state index in [2.05, 4.69) is 0 Å². The van der Waals surface area contributed by atoms with Gasteiger partial charge >= 0.3 is 0 Å². The van der Waals surface area contributed by atoms with Crippen molar-refractivity contribution in [3.63, 3.8) is 0 Å². The molecule has 22 heavy (non-hydrogen) atoms. The van der Waals surface area contributed by atoms with Gasteiger partial charge in [0.2, 0.25) is 11.8 Å². The molecule has 1 aromatic heterocycles. The van der Waals surface area contributed by atoms with Gasteiger partial charge in [0.05, 0.1) is 31.2 Å². The Balaban J connectivity index is 1.64. The molecule has 2 saturated heterocycles. The third-order valence-electron chi connectivity index (χ3n) is 4.08. The first-order valence-electron chi connectivity index (χ1n) is 7.40. The zero-order valence-electron chi connectivity index (χ0n) is 12.6. The second-order valence-corrected chi connectivity index (χ2v) is 6.66. The Kier molecular flexibility index (Phi) is 4.73. The first-order valence-corrected chi connectivity index (χ1v) is 8.55. The highest BCUT2D eigenvalue weighted by atomic mass is 32.2. The minimum absolute atomic E-state index is 0.0336. The lowest BCUT2D eigenvalue weighted by atomic mass is 10.1. The summed E-state index contributed by atoms with van der Waals surface area (Å²) in [5.74, 6) is 1.90. The van der Waals surface area contributed by atoms with Crippen molar-refractivity contribution in [3.8, 4) is 0 Å². The number of amides is 2.